The Bertz CT molecular complexity index is 636. The first-order valence-electron chi connectivity index (χ1n) is 7.61. The smallest absolute Gasteiger partial charge is 0.252 e. The van der Waals surface area contributed by atoms with Crippen LogP contribution in [0.5, 0.6) is 0 Å². The van der Waals surface area contributed by atoms with Crippen LogP contribution in [-0.4, -0.2) is 36.9 Å². The van der Waals surface area contributed by atoms with Gasteiger partial charge in [-0.2, -0.15) is 14.6 Å². The molecule has 0 aliphatic carbocycles. The van der Waals surface area contributed by atoms with Crippen molar-refractivity contribution >= 4 is 11.7 Å². The first-order chi connectivity index (χ1) is 10.2. The van der Waals surface area contributed by atoms with Crippen molar-refractivity contribution < 1.29 is 4.79 Å². The van der Waals surface area contributed by atoms with E-state index in [1.807, 2.05) is 11.0 Å². The van der Waals surface area contributed by atoms with Crippen molar-refractivity contribution in [2.75, 3.05) is 6.54 Å². The van der Waals surface area contributed by atoms with Gasteiger partial charge >= 0.3 is 0 Å². The Balaban J connectivity index is 1.94. The van der Waals surface area contributed by atoms with Crippen molar-refractivity contribution in [3.05, 3.63) is 24.3 Å². The zero-order valence-corrected chi connectivity index (χ0v) is 12.6. The second-order valence-electron chi connectivity index (χ2n) is 6.04. The molecule has 1 amide bonds. The molecule has 1 atom stereocenters. The molecule has 0 N–H and O–H groups in total. The number of nitrogens with zero attached hydrogens (tertiary/aromatic N) is 5. The maximum absolute atomic E-state index is 12.5. The van der Waals surface area contributed by atoms with Crippen molar-refractivity contribution in [3.63, 3.8) is 0 Å². The Hall–Kier alpha value is -1.98. The molecule has 1 aliphatic heterocycles. The van der Waals surface area contributed by atoms with E-state index in [1.165, 1.54) is 6.33 Å². The molecular weight excluding hydrogens is 266 g/mol. The highest BCUT2D eigenvalue weighted by Crippen LogP contribution is 2.31. The van der Waals surface area contributed by atoms with Gasteiger partial charge in [0.15, 0.2) is 0 Å². The molecule has 3 rings (SSSR count). The van der Waals surface area contributed by atoms with Gasteiger partial charge in [0, 0.05) is 19.2 Å². The number of likely N-dealkylation sites (tertiary alicyclic amines) is 1. The van der Waals surface area contributed by atoms with Gasteiger partial charge in [0.1, 0.15) is 6.33 Å². The minimum absolute atomic E-state index is 0.0807. The normalized spacial score (nSPS) is 19.4. The Morgan fingerprint density at radius 1 is 1.38 bits per heavy atom. The van der Waals surface area contributed by atoms with Crippen LogP contribution in [0.25, 0.3) is 5.78 Å². The summed E-state index contributed by atoms with van der Waals surface area (Å²) in [6.45, 7) is 4.99. The van der Waals surface area contributed by atoms with Gasteiger partial charge in [-0.05, 0) is 31.2 Å². The standard InChI is InChI=1S/C15H21N5O/c1-11(2)9-14(21)19-8-4-3-5-12(19)13-6-7-16-15-17-10-18-20(13)15/h6-7,10-12H,3-5,8-9H2,1-2H3. The molecule has 1 unspecified atom stereocenters. The summed E-state index contributed by atoms with van der Waals surface area (Å²) in [6, 6.07) is 2.03. The molecule has 3 heterocycles. The van der Waals surface area contributed by atoms with Crippen molar-refractivity contribution in [3.8, 4) is 0 Å². The third kappa shape index (κ3) is 2.75. The van der Waals surface area contributed by atoms with Crippen LogP contribution in [0, 0.1) is 5.92 Å². The first-order valence-corrected chi connectivity index (χ1v) is 7.61. The summed E-state index contributed by atoms with van der Waals surface area (Å²) in [5, 5.41) is 4.25. The number of rotatable bonds is 3. The summed E-state index contributed by atoms with van der Waals surface area (Å²) in [7, 11) is 0. The third-order valence-corrected chi connectivity index (χ3v) is 3.96. The monoisotopic (exact) mass is 287 g/mol. The van der Waals surface area contributed by atoms with Gasteiger partial charge in [0.05, 0.1) is 11.7 Å². The summed E-state index contributed by atoms with van der Waals surface area (Å²) in [5.74, 6) is 1.21. The highest BCUT2D eigenvalue weighted by atomic mass is 16.2. The zero-order valence-electron chi connectivity index (χ0n) is 12.6. The predicted octanol–water partition coefficient (Wildman–Crippen LogP) is 2.22. The molecule has 1 fully saturated rings. The zero-order chi connectivity index (χ0) is 14.8. The number of hydrogen-bond donors (Lipinski definition) is 0. The highest BCUT2D eigenvalue weighted by molar-refractivity contribution is 5.77. The Morgan fingerprint density at radius 3 is 3.05 bits per heavy atom. The fourth-order valence-electron chi connectivity index (χ4n) is 3.01. The Morgan fingerprint density at radius 2 is 2.24 bits per heavy atom. The van der Waals surface area contributed by atoms with Gasteiger partial charge in [-0.3, -0.25) is 4.79 Å². The molecule has 21 heavy (non-hydrogen) atoms. The van der Waals surface area contributed by atoms with E-state index >= 15 is 0 Å². The SMILES string of the molecule is CC(C)CC(=O)N1CCCCC1c1ccnc2ncnn12. The molecule has 1 aliphatic rings. The second kappa shape index (κ2) is 5.79. The fourth-order valence-corrected chi connectivity index (χ4v) is 3.01. The minimum atomic E-state index is 0.0807. The minimum Gasteiger partial charge on any atom is -0.334 e. The number of hydrogen-bond acceptors (Lipinski definition) is 4. The van der Waals surface area contributed by atoms with Crippen LogP contribution in [-0.2, 0) is 4.79 Å². The van der Waals surface area contributed by atoms with E-state index in [0.717, 1.165) is 31.5 Å². The second-order valence-corrected chi connectivity index (χ2v) is 6.04. The van der Waals surface area contributed by atoms with E-state index < -0.39 is 0 Å². The molecule has 0 aromatic carbocycles. The van der Waals surface area contributed by atoms with Crippen LogP contribution in [0.15, 0.2) is 18.6 Å². The highest BCUT2D eigenvalue weighted by Gasteiger charge is 2.30. The quantitative estimate of drug-likeness (QED) is 0.868. The lowest BCUT2D eigenvalue weighted by Crippen LogP contribution is -2.39. The number of amides is 1. The summed E-state index contributed by atoms with van der Waals surface area (Å²) >= 11 is 0. The average molecular weight is 287 g/mol. The van der Waals surface area contributed by atoms with Gasteiger partial charge in [0.2, 0.25) is 5.91 Å². The van der Waals surface area contributed by atoms with Crippen molar-refractivity contribution in [1.29, 1.82) is 0 Å². The van der Waals surface area contributed by atoms with Crippen molar-refractivity contribution in [1.82, 2.24) is 24.5 Å². The van der Waals surface area contributed by atoms with E-state index in [2.05, 4.69) is 28.9 Å². The van der Waals surface area contributed by atoms with Gasteiger partial charge in [-0.1, -0.05) is 13.8 Å². The summed E-state index contributed by atoms with van der Waals surface area (Å²) in [6.07, 6.45) is 7.04. The van der Waals surface area contributed by atoms with Gasteiger partial charge in [-0.15, -0.1) is 0 Å². The lowest BCUT2D eigenvalue weighted by Gasteiger charge is -2.36. The number of aromatic nitrogens is 4. The molecule has 2 aromatic rings. The predicted molar refractivity (Wildman–Crippen MR) is 78.5 cm³/mol. The van der Waals surface area contributed by atoms with Gasteiger partial charge < -0.3 is 4.90 Å². The molecule has 1 saturated heterocycles. The maximum atomic E-state index is 12.5. The molecule has 112 valence electrons. The van der Waals surface area contributed by atoms with Crippen LogP contribution in [0.1, 0.15) is 51.3 Å². The lowest BCUT2D eigenvalue weighted by molar-refractivity contribution is -0.136. The molecule has 0 radical (unpaired) electrons. The molecule has 0 spiro atoms. The summed E-state index contributed by atoms with van der Waals surface area (Å²) in [4.78, 5) is 22.9. The van der Waals surface area contributed by atoms with Crippen LogP contribution < -0.4 is 0 Å². The molecule has 6 nitrogen and oxygen atoms in total. The largest absolute Gasteiger partial charge is 0.334 e. The van der Waals surface area contributed by atoms with E-state index in [-0.39, 0.29) is 11.9 Å². The van der Waals surface area contributed by atoms with Crippen molar-refractivity contribution in [2.24, 2.45) is 5.92 Å². The van der Waals surface area contributed by atoms with Gasteiger partial charge in [-0.25, -0.2) is 4.98 Å². The first kappa shape index (κ1) is 14.0. The topological polar surface area (TPSA) is 63.4 Å². The van der Waals surface area contributed by atoms with E-state index in [0.29, 0.717) is 18.1 Å². The van der Waals surface area contributed by atoms with Crippen LogP contribution in [0.3, 0.4) is 0 Å². The molecule has 0 saturated carbocycles. The van der Waals surface area contributed by atoms with E-state index in [1.54, 1.807) is 10.7 Å². The molecule has 2 aromatic heterocycles. The maximum Gasteiger partial charge on any atom is 0.252 e. The van der Waals surface area contributed by atoms with Crippen LogP contribution in [0.2, 0.25) is 0 Å². The van der Waals surface area contributed by atoms with Gasteiger partial charge in [0.25, 0.3) is 5.78 Å². The summed E-state index contributed by atoms with van der Waals surface area (Å²) in [5.41, 5.74) is 1.01. The van der Waals surface area contributed by atoms with E-state index in [4.69, 9.17) is 0 Å². The lowest BCUT2D eigenvalue weighted by atomic mass is 9.97. The number of carbonyl (C=O) groups excluding carboxylic acids is 1. The fraction of sp³-hybridized carbons (Fsp3) is 0.600. The number of carbonyl (C=O) groups is 1. The van der Waals surface area contributed by atoms with Crippen LogP contribution in [0.4, 0.5) is 0 Å². The van der Waals surface area contributed by atoms with Crippen LogP contribution >= 0.6 is 0 Å². The molecule has 0 bridgehead atoms. The Kier molecular flexibility index (Phi) is 3.86. The Labute approximate surface area is 124 Å². The summed E-state index contributed by atoms with van der Waals surface area (Å²) < 4.78 is 1.76. The molecule has 6 heteroatoms. The van der Waals surface area contributed by atoms with E-state index in [9.17, 15) is 4.79 Å². The third-order valence-electron chi connectivity index (χ3n) is 3.96. The number of piperidine rings is 1. The average Bonchev–Trinajstić information content (AvgIpc) is 2.95. The number of fused-ring (bicyclic) bond motifs is 1. The van der Waals surface area contributed by atoms with Crippen molar-refractivity contribution in [2.45, 2.75) is 45.6 Å². The molecular formula is C15H21N5O.